The van der Waals surface area contributed by atoms with Crippen LogP contribution in [0.1, 0.15) is 44.7 Å². The maximum Gasteiger partial charge on any atom is 0.198 e. The van der Waals surface area contributed by atoms with E-state index >= 15 is 0 Å². The van der Waals surface area contributed by atoms with E-state index < -0.39 is 0 Å². The van der Waals surface area contributed by atoms with Gasteiger partial charge in [0.1, 0.15) is 0 Å². The number of ketones is 2. The molecule has 9 rings (SSSR count). The summed E-state index contributed by atoms with van der Waals surface area (Å²) in [6.07, 6.45) is 4.03. The van der Waals surface area contributed by atoms with E-state index in [1.54, 1.807) is 0 Å². The third-order valence-corrected chi connectivity index (χ3v) is 10.0. The van der Waals surface area contributed by atoms with Crippen molar-refractivity contribution >= 4 is 56.2 Å². The molecule has 0 fully saturated rings. The van der Waals surface area contributed by atoms with Crippen LogP contribution in [0.3, 0.4) is 0 Å². The van der Waals surface area contributed by atoms with Gasteiger partial charge in [0.25, 0.3) is 0 Å². The molecular weight excluding hydrogens is 599 g/mol. The third-order valence-electron chi connectivity index (χ3n) is 10.0. The molecule has 49 heavy (non-hydrogen) atoms. The zero-order chi connectivity index (χ0) is 33.1. The van der Waals surface area contributed by atoms with Gasteiger partial charge in [-0.2, -0.15) is 0 Å². The van der Waals surface area contributed by atoms with Crippen LogP contribution < -0.4 is 4.90 Å². The number of nitrogens with zero attached hydrogens (tertiary/aromatic N) is 1. The topological polar surface area (TPSA) is 37.4 Å². The average Bonchev–Trinajstić information content (AvgIpc) is 3.39. The van der Waals surface area contributed by atoms with Gasteiger partial charge >= 0.3 is 0 Å². The molecular formula is C46H31NO2. The molecule has 0 N–H and O–H groups in total. The monoisotopic (exact) mass is 629 g/mol. The molecule has 3 nitrogen and oxygen atoms in total. The Kier molecular flexibility index (Phi) is 6.73. The Hall–Kier alpha value is -6.32. The highest BCUT2D eigenvalue weighted by Crippen LogP contribution is 2.44. The van der Waals surface area contributed by atoms with Crippen LogP contribution in [0.2, 0.25) is 0 Å². The van der Waals surface area contributed by atoms with Gasteiger partial charge in [-0.3, -0.25) is 9.59 Å². The number of carbonyl (C=O) groups is 2. The van der Waals surface area contributed by atoms with Crippen molar-refractivity contribution in [2.75, 3.05) is 4.90 Å². The first kappa shape index (κ1) is 28.9. The fourth-order valence-corrected chi connectivity index (χ4v) is 7.50. The summed E-state index contributed by atoms with van der Waals surface area (Å²) < 4.78 is 0. The molecule has 0 aromatic heterocycles. The molecule has 0 amide bonds. The molecule has 3 heteroatoms. The van der Waals surface area contributed by atoms with Crippen LogP contribution in [-0.2, 0) is 0 Å². The van der Waals surface area contributed by atoms with Gasteiger partial charge in [-0.15, -0.1) is 0 Å². The molecule has 0 saturated carbocycles. The zero-order valence-corrected chi connectivity index (χ0v) is 26.9. The van der Waals surface area contributed by atoms with Crippen molar-refractivity contribution in [3.63, 3.8) is 0 Å². The Balaban J connectivity index is 1.14. The molecule has 0 aliphatic heterocycles. The van der Waals surface area contributed by atoms with E-state index in [4.69, 9.17) is 0 Å². The summed E-state index contributed by atoms with van der Waals surface area (Å²) in [5.41, 5.74) is 9.67. The Bertz CT molecular complexity index is 2500. The van der Waals surface area contributed by atoms with Gasteiger partial charge < -0.3 is 4.90 Å². The van der Waals surface area contributed by atoms with Crippen molar-refractivity contribution in [3.8, 4) is 11.1 Å². The normalized spacial score (nSPS) is 15.2. The standard InChI is InChI=1S/C46H31NO2/c1-29-40-23-21-39(26-36(40)19-22-41(29)44-45(48)42-27-34-14-7-8-15-35(34)28-43(42)46(44)49)47(38-20-18-31-12-5-6-13-32(31)25-38)37-17-9-16-33(24-37)30-10-3-2-4-11-30/h2-29H,1H3. The van der Waals surface area contributed by atoms with Gasteiger partial charge in [0.15, 0.2) is 11.6 Å². The second-order valence-electron chi connectivity index (χ2n) is 12.9. The van der Waals surface area contributed by atoms with Crippen LogP contribution in [0, 0.1) is 0 Å². The molecule has 0 bridgehead atoms. The Morgan fingerprint density at radius 1 is 0.469 bits per heavy atom. The predicted octanol–water partition coefficient (Wildman–Crippen LogP) is 11.6. The molecule has 1 atom stereocenters. The van der Waals surface area contributed by atoms with E-state index in [1.807, 2.05) is 48.5 Å². The minimum Gasteiger partial charge on any atom is -0.310 e. The van der Waals surface area contributed by atoms with Crippen LogP contribution in [-0.4, -0.2) is 11.6 Å². The summed E-state index contributed by atoms with van der Waals surface area (Å²) in [6.45, 7) is 2.09. The number of benzene rings is 7. The van der Waals surface area contributed by atoms with Crippen molar-refractivity contribution < 1.29 is 9.59 Å². The van der Waals surface area contributed by atoms with Crippen LogP contribution in [0.25, 0.3) is 38.7 Å². The lowest BCUT2D eigenvalue weighted by Crippen LogP contribution is -2.14. The molecule has 2 aliphatic carbocycles. The Labute approximate surface area is 285 Å². The van der Waals surface area contributed by atoms with E-state index in [9.17, 15) is 9.59 Å². The van der Waals surface area contributed by atoms with Gasteiger partial charge in [0.05, 0.1) is 5.57 Å². The van der Waals surface area contributed by atoms with Crippen LogP contribution >= 0.6 is 0 Å². The predicted molar refractivity (Wildman–Crippen MR) is 201 cm³/mol. The van der Waals surface area contributed by atoms with Crippen molar-refractivity contribution in [3.05, 3.63) is 191 Å². The number of Topliss-reactive ketones (excluding diaryl/α,β-unsaturated/α-hetero) is 2. The fraction of sp³-hybridized carbons (Fsp3) is 0.0435. The van der Waals surface area contributed by atoms with Crippen molar-refractivity contribution in [1.29, 1.82) is 0 Å². The minimum atomic E-state index is -0.182. The molecule has 2 aliphatic rings. The summed E-state index contributed by atoms with van der Waals surface area (Å²) in [4.78, 5) is 29.8. The second kappa shape index (κ2) is 11.4. The molecule has 0 spiro atoms. The largest absolute Gasteiger partial charge is 0.310 e. The lowest BCUT2D eigenvalue weighted by molar-refractivity contribution is 0.0986. The third kappa shape index (κ3) is 4.82. The van der Waals surface area contributed by atoms with E-state index in [1.165, 1.54) is 10.8 Å². The number of carbonyl (C=O) groups excluding carboxylic acids is 2. The van der Waals surface area contributed by atoms with Crippen molar-refractivity contribution in [2.24, 2.45) is 0 Å². The number of hydrogen-bond donors (Lipinski definition) is 0. The molecule has 7 aromatic rings. The summed E-state index contributed by atoms with van der Waals surface area (Å²) in [7, 11) is 0. The first-order chi connectivity index (χ1) is 24.0. The summed E-state index contributed by atoms with van der Waals surface area (Å²) in [5.74, 6) is -0.493. The average molecular weight is 630 g/mol. The summed E-state index contributed by atoms with van der Waals surface area (Å²) in [6, 6.07) is 52.2. The Morgan fingerprint density at radius 3 is 1.76 bits per heavy atom. The van der Waals surface area contributed by atoms with Gasteiger partial charge in [-0.25, -0.2) is 0 Å². The van der Waals surface area contributed by atoms with E-state index in [0.29, 0.717) is 16.7 Å². The number of allylic oxidation sites excluding steroid dienone is 3. The number of anilines is 3. The van der Waals surface area contributed by atoms with Crippen LogP contribution in [0.4, 0.5) is 17.1 Å². The number of hydrogen-bond acceptors (Lipinski definition) is 3. The molecule has 0 radical (unpaired) electrons. The fourth-order valence-electron chi connectivity index (χ4n) is 7.50. The SMILES string of the molecule is CC1C(=C2C(=O)c3cc4ccccc4cc3C2=O)C=Cc2cc(N(c3cccc(-c4ccccc4)c3)c3ccc4ccccc4c3)ccc21. The van der Waals surface area contributed by atoms with Gasteiger partial charge in [0.2, 0.25) is 0 Å². The Morgan fingerprint density at radius 2 is 1.04 bits per heavy atom. The quantitative estimate of drug-likeness (QED) is 0.144. The van der Waals surface area contributed by atoms with Crippen molar-refractivity contribution in [1.82, 2.24) is 0 Å². The highest BCUT2D eigenvalue weighted by Gasteiger charge is 2.37. The maximum absolute atomic E-state index is 13.8. The number of rotatable bonds is 4. The van der Waals surface area contributed by atoms with Crippen molar-refractivity contribution in [2.45, 2.75) is 12.8 Å². The molecule has 0 saturated heterocycles. The summed E-state index contributed by atoms with van der Waals surface area (Å²) in [5, 5.41) is 4.29. The van der Waals surface area contributed by atoms with Gasteiger partial charge in [-0.1, -0.05) is 122 Å². The minimum absolute atomic E-state index is 0.129. The lowest BCUT2D eigenvalue weighted by Gasteiger charge is -2.29. The highest BCUT2D eigenvalue weighted by molar-refractivity contribution is 6.41. The first-order valence-electron chi connectivity index (χ1n) is 16.7. The second-order valence-corrected chi connectivity index (χ2v) is 12.9. The first-order valence-corrected chi connectivity index (χ1v) is 16.7. The smallest absolute Gasteiger partial charge is 0.198 e. The van der Waals surface area contributed by atoms with Gasteiger partial charge in [-0.05, 0) is 97.9 Å². The molecule has 232 valence electrons. The molecule has 0 heterocycles. The van der Waals surface area contributed by atoms with E-state index in [0.717, 1.165) is 55.7 Å². The van der Waals surface area contributed by atoms with E-state index in [2.05, 4.69) is 127 Å². The lowest BCUT2D eigenvalue weighted by atomic mass is 9.81. The molecule has 1 unspecified atom stereocenters. The highest BCUT2D eigenvalue weighted by atomic mass is 16.2. The molecule has 7 aromatic carbocycles. The summed E-state index contributed by atoms with van der Waals surface area (Å²) >= 11 is 0. The van der Waals surface area contributed by atoms with Gasteiger partial charge in [0, 0.05) is 34.1 Å². The van der Waals surface area contributed by atoms with E-state index in [-0.39, 0.29) is 17.5 Å². The maximum atomic E-state index is 13.8. The number of fused-ring (bicyclic) bond motifs is 4. The van der Waals surface area contributed by atoms with Crippen LogP contribution in [0.15, 0.2) is 169 Å². The zero-order valence-electron chi connectivity index (χ0n) is 26.9. The van der Waals surface area contributed by atoms with Crippen LogP contribution in [0.5, 0.6) is 0 Å².